The third kappa shape index (κ3) is 10.4. The molecule has 0 heterocycles. The van der Waals surface area contributed by atoms with Crippen molar-refractivity contribution in [3.63, 3.8) is 0 Å². The third-order valence-electron chi connectivity index (χ3n) is 4.99. The van der Waals surface area contributed by atoms with E-state index in [-0.39, 0.29) is 30.9 Å². The summed E-state index contributed by atoms with van der Waals surface area (Å²) in [6, 6.07) is 14.9. The smallest absolute Gasteiger partial charge is 0.836 e. The molecule has 0 unspecified atom stereocenters. The minimum Gasteiger partial charge on any atom is -0.836 e. The maximum Gasteiger partial charge on any atom is 2.00 e. The second-order valence-corrected chi connectivity index (χ2v) is 8.36. The Morgan fingerprint density at radius 1 is 0.512 bits per heavy atom. The van der Waals surface area contributed by atoms with Crippen LogP contribution < -0.4 is 10.2 Å². The normalized spacial score (nSPS) is 14.1. The zero-order valence-electron chi connectivity index (χ0n) is 21.1. The molecule has 0 aliphatic carbocycles. The van der Waals surface area contributed by atoms with Crippen molar-refractivity contribution < 1.29 is 82.4 Å². The van der Waals surface area contributed by atoms with E-state index >= 15 is 0 Å². The first-order valence-corrected chi connectivity index (χ1v) is 10.8. The number of hydrogen-bond acceptors (Lipinski definition) is 4. The zero-order chi connectivity index (χ0) is 31.2. The van der Waals surface area contributed by atoms with Crippen molar-refractivity contribution in [1.82, 2.24) is 0 Å². The number of benzene rings is 2. The number of hydrogen-bond donors (Lipinski definition) is 0. The van der Waals surface area contributed by atoms with E-state index in [1.54, 1.807) is 12.1 Å². The third-order valence-corrected chi connectivity index (χ3v) is 4.99. The van der Waals surface area contributed by atoms with Gasteiger partial charge < -0.3 is 10.2 Å². The minimum absolute atomic E-state index is 0. The Labute approximate surface area is 238 Å². The Morgan fingerprint density at radius 2 is 0.732 bits per heavy atom. The molecule has 2 aromatic carbocycles. The summed E-state index contributed by atoms with van der Waals surface area (Å²) in [5.74, 6) is 0. The Bertz CT molecular complexity index is 1020. The van der Waals surface area contributed by atoms with Crippen LogP contribution in [0, 0.1) is 0 Å². The van der Waals surface area contributed by atoms with Crippen molar-refractivity contribution in [2.24, 2.45) is 9.98 Å². The van der Waals surface area contributed by atoms with Gasteiger partial charge in [-0.2, -0.15) is 52.7 Å². The molecule has 0 atom stereocenters. The number of alkyl halides is 12. The Balaban J connectivity index is 0.000000762. The summed E-state index contributed by atoms with van der Waals surface area (Å²) in [4.78, 5) is 7.18. The van der Waals surface area contributed by atoms with Crippen molar-refractivity contribution in [3.05, 3.63) is 60.7 Å². The van der Waals surface area contributed by atoms with Gasteiger partial charge in [-0.3, -0.25) is 9.98 Å². The van der Waals surface area contributed by atoms with Crippen molar-refractivity contribution in [3.8, 4) is 0 Å². The van der Waals surface area contributed by atoms with E-state index in [0.717, 1.165) is 13.8 Å². The van der Waals surface area contributed by atoms with Crippen LogP contribution >= 0.6 is 0 Å². The van der Waals surface area contributed by atoms with Crippen molar-refractivity contribution in [2.75, 3.05) is 0 Å². The quantitative estimate of drug-likeness (QED) is 0.195. The van der Waals surface area contributed by atoms with E-state index in [0.29, 0.717) is 0 Å². The molecular formula is C24H20F12N2O2Zn. The largest absolute Gasteiger partial charge is 2.00 e. The molecule has 0 saturated heterocycles. The number of para-hydroxylation sites is 2. The van der Waals surface area contributed by atoms with Gasteiger partial charge >= 0.3 is 44.2 Å². The molecule has 0 aromatic heterocycles. The Kier molecular flexibility index (Phi) is 13.2. The number of halogens is 12. The van der Waals surface area contributed by atoms with Crippen LogP contribution in [0.25, 0.3) is 0 Å². The predicted molar refractivity (Wildman–Crippen MR) is 117 cm³/mol. The van der Waals surface area contributed by atoms with Crippen molar-refractivity contribution in [1.29, 1.82) is 0 Å². The van der Waals surface area contributed by atoms with Crippen LogP contribution in [0.4, 0.5) is 64.1 Å². The average molecular weight is 662 g/mol. The average Bonchev–Trinajstić information content (AvgIpc) is 2.77. The number of aliphatic imine (C=N–C) groups is 2. The SMILES string of the molecule is CC(CC([O-])(C(F)(F)F)C(F)(F)F)=Nc1ccccc1.CC(CC([O-])(C(F)(F)F)C(F)(F)F)=Nc1ccccc1.[Zn+2]. The summed E-state index contributed by atoms with van der Waals surface area (Å²) in [6.45, 7) is 1.91. The van der Waals surface area contributed by atoms with E-state index in [4.69, 9.17) is 0 Å². The van der Waals surface area contributed by atoms with Gasteiger partial charge in [0.25, 0.3) is 0 Å². The number of nitrogens with zero attached hydrogens (tertiary/aromatic N) is 2. The summed E-state index contributed by atoms with van der Waals surface area (Å²) in [5.41, 5.74) is -10.8. The topological polar surface area (TPSA) is 70.8 Å². The zero-order valence-corrected chi connectivity index (χ0v) is 24.1. The minimum atomic E-state index is -5.95. The molecule has 0 N–H and O–H groups in total. The van der Waals surface area contributed by atoms with Crippen molar-refractivity contribution in [2.45, 2.75) is 62.6 Å². The first-order chi connectivity index (χ1) is 17.9. The van der Waals surface area contributed by atoms with E-state index < -0.39 is 60.2 Å². The molecule has 0 saturated carbocycles. The van der Waals surface area contributed by atoms with Gasteiger partial charge in [0.05, 0.1) is 22.6 Å². The van der Waals surface area contributed by atoms with Crippen molar-refractivity contribution >= 4 is 22.8 Å². The van der Waals surface area contributed by atoms with Gasteiger partial charge in [-0.25, -0.2) is 0 Å². The maximum atomic E-state index is 12.4. The van der Waals surface area contributed by atoms with E-state index in [1.807, 2.05) is 0 Å². The second kappa shape index (κ2) is 14.1. The monoisotopic (exact) mass is 660 g/mol. The van der Waals surface area contributed by atoms with E-state index in [2.05, 4.69) is 9.98 Å². The van der Waals surface area contributed by atoms with Gasteiger partial charge in [0.15, 0.2) is 0 Å². The van der Waals surface area contributed by atoms with Gasteiger partial charge in [0.2, 0.25) is 0 Å². The summed E-state index contributed by atoms with van der Waals surface area (Å²) >= 11 is 0. The van der Waals surface area contributed by atoms with Gasteiger partial charge in [-0.05, 0) is 51.0 Å². The first kappa shape index (κ1) is 38.5. The fourth-order valence-corrected chi connectivity index (χ4v) is 2.97. The molecule has 0 bridgehead atoms. The van der Waals surface area contributed by atoms with E-state index in [1.165, 1.54) is 48.5 Å². The standard InChI is InChI=1S/2C12H10F6NO.Zn/c2*1-8(19-9-5-3-2-4-6-9)7-10(20,11(13,14)15)12(16,17)18;/h2*2-6H,7H2,1H3;/q2*-1;+2. The molecule has 0 amide bonds. The molecule has 224 valence electrons. The second-order valence-electron chi connectivity index (χ2n) is 8.36. The van der Waals surface area contributed by atoms with Crippen LogP contribution in [-0.2, 0) is 19.5 Å². The molecule has 2 aromatic rings. The van der Waals surface area contributed by atoms with Gasteiger partial charge in [-0.1, -0.05) is 36.4 Å². The van der Waals surface area contributed by atoms with E-state index in [9.17, 15) is 62.9 Å². The van der Waals surface area contributed by atoms with Crippen LogP contribution in [0.2, 0.25) is 0 Å². The molecule has 0 aliphatic heterocycles. The van der Waals surface area contributed by atoms with Gasteiger partial charge in [-0.15, -0.1) is 0 Å². The fraction of sp³-hybridized carbons (Fsp3) is 0.417. The van der Waals surface area contributed by atoms with Crippen LogP contribution in [0.5, 0.6) is 0 Å². The molecule has 0 spiro atoms. The molecule has 2 rings (SSSR count). The summed E-state index contributed by atoms with van der Waals surface area (Å²) in [6.07, 6.45) is -27.3. The van der Waals surface area contributed by atoms with Gasteiger partial charge in [0, 0.05) is 11.4 Å². The van der Waals surface area contributed by atoms with Crippen LogP contribution in [0.1, 0.15) is 26.7 Å². The van der Waals surface area contributed by atoms with Crippen LogP contribution in [0.15, 0.2) is 70.6 Å². The summed E-state index contributed by atoms with van der Waals surface area (Å²) in [7, 11) is 0. The molecule has 0 radical (unpaired) electrons. The molecule has 0 fully saturated rings. The number of rotatable bonds is 6. The molecule has 41 heavy (non-hydrogen) atoms. The molecular weight excluding hydrogens is 642 g/mol. The molecule has 4 nitrogen and oxygen atoms in total. The molecule has 17 heteroatoms. The predicted octanol–water partition coefficient (Wildman–Crippen LogP) is 6.78. The molecule has 0 aliphatic rings. The summed E-state index contributed by atoms with van der Waals surface area (Å²) in [5, 5.41) is 22.4. The summed E-state index contributed by atoms with van der Waals surface area (Å²) < 4.78 is 149. The van der Waals surface area contributed by atoms with Crippen LogP contribution in [-0.4, -0.2) is 47.3 Å². The Morgan fingerprint density at radius 3 is 0.927 bits per heavy atom. The maximum absolute atomic E-state index is 12.4. The van der Waals surface area contributed by atoms with Gasteiger partial charge in [0.1, 0.15) is 0 Å². The Hall–Kier alpha value is -2.52. The first-order valence-electron chi connectivity index (χ1n) is 10.8. The fourth-order valence-electron chi connectivity index (χ4n) is 2.97. The van der Waals surface area contributed by atoms with Crippen LogP contribution in [0.3, 0.4) is 0 Å².